The zero-order chi connectivity index (χ0) is 20.2. The molecule has 0 bridgehead atoms. The van der Waals surface area contributed by atoms with Gasteiger partial charge in [0.2, 0.25) is 0 Å². The highest BCUT2D eigenvalue weighted by molar-refractivity contribution is 7.10. The first-order valence-corrected chi connectivity index (χ1v) is 9.92. The fourth-order valence-corrected chi connectivity index (χ4v) is 3.91. The molecule has 4 rings (SSSR count). The van der Waals surface area contributed by atoms with Crippen molar-refractivity contribution in [3.63, 3.8) is 0 Å². The van der Waals surface area contributed by atoms with E-state index in [0.717, 1.165) is 10.9 Å². The molecule has 0 aliphatic heterocycles. The predicted molar refractivity (Wildman–Crippen MR) is 114 cm³/mol. The van der Waals surface area contributed by atoms with E-state index in [-0.39, 0.29) is 5.91 Å². The quantitative estimate of drug-likeness (QED) is 0.495. The minimum atomic E-state index is -0.861. The topological polar surface area (TPSA) is 68.3 Å². The van der Waals surface area contributed by atoms with Crippen molar-refractivity contribution in [2.75, 3.05) is 7.11 Å². The number of aromatic nitrogens is 1. The van der Waals surface area contributed by atoms with Crippen LogP contribution in [0.3, 0.4) is 0 Å². The summed E-state index contributed by atoms with van der Waals surface area (Å²) in [6.45, 7) is 0. The van der Waals surface area contributed by atoms with E-state index in [2.05, 4.69) is 5.32 Å². The van der Waals surface area contributed by atoms with Gasteiger partial charge in [-0.3, -0.25) is 4.79 Å². The molecule has 0 spiro atoms. The molecule has 0 fully saturated rings. The summed E-state index contributed by atoms with van der Waals surface area (Å²) in [7, 11) is 1.31. The number of methoxy groups -OCH3 is 1. The molecule has 0 aliphatic carbocycles. The number of amides is 1. The molecule has 4 aromatic rings. The summed E-state index contributed by atoms with van der Waals surface area (Å²) in [5, 5.41) is 5.40. The molecule has 2 aromatic heterocycles. The highest BCUT2D eigenvalue weighted by Gasteiger charge is 2.26. The summed E-state index contributed by atoms with van der Waals surface area (Å²) in [4.78, 5) is 30.9. The van der Waals surface area contributed by atoms with Crippen molar-refractivity contribution >= 4 is 34.1 Å². The molecule has 0 aliphatic rings. The molecule has 0 radical (unpaired) electrons. The number of rotatable bonds is 5. The van der Waals surface area contributed by atoms with Crippen LogP contribution in [0.15, 0.2) is 78.2 Å². The standard InChI is InChI=1S/C23H18N2O3S/c1-28-23(27)21(20-12-7-13-29-20)25-22(26)17-14-19(15-8-3-2-4-9-15)24-18-11-6-5-10-16(17)18/h2-14,21H,1H3,(H,25,26). The van der Waals surface area contributed by atoms with Crippen LogP contribution in [0.25, 0.3) is 22.2 Å². The average molecular weight is 402 g/mol. The molecule has 1 unspecified atom stereocenters. The van der Waals surface area contributed by atoms with E-state index in [1.807, 2.05) is 66.0 Å². The van der Waals surface area contributed by atoms with Crippen LogP contribution in [0.2, 0.25) is 0 Å². The Balaban J connectivity index is 1.77. The molecule has 1 atom stereocenters. The maximum atomic E-state index is 13.2. The number of carbonyl (C=O) groups excluding carboxylic acids is 2. The summed E-state index contributed by atoms with van der Waals surface area (Å²) in [5.41, 5.74) is 2.78. The lowest BCUT2D eigenvalue weighted by molar-refractivity contribution is -0.143. The largest absolute Gasteiger partial charge is 0.467 e. The smallest absolute Gasteiger partial charge is 0.333 e. The number of ether oxygens (including phenoxy) is 1. The van der Waals surface area contributed by atoms with E-state index in [4.69, 9.17) is 9.72 Å². The van der Waals surface area contributed by atoms with Crippen LogP contribution in [0, 0.1) is 0 Å². The zero-order valence-electron chi connectivity index (χ0n) is 15.7. The van der Waals surface area contributed by atoms with Gasteiger partial charge in [-0.2, -0.15) is 0 Å². The zero-order valence-corrected chi connectivity index (χ0v) is 16.5. The molecule has 2 heterocycles. The Morgan fingerprint density at radius 1 is 1.00 bits per heavy atom. The first kappa shape index (κ1) is 18.8. The third kappa shape index (κ3) is 3.88. The monoisotopic (exact) mass is 402 g/mol. The second-order valence-electron chi connectivity index (χ2n) is 6.38. The fourth-order valence-electron chi connectivity index (χ4n) is 3.15. The normalized spacial score (nSPS) is 11.8. The number of carbonyl (C=O) groups is 2. The number of hydrogen-bond acceptors (Lipinski definition) is 5. The second kappa shape index (κ2) is 8.24. The van der Waals surface area contributed by atoms with Gasteiger partial charge >= 0.3 is 5.97 Å². The van der Waals surface area contributed by atoms with Crippen molar-refractivity contribution in [1.29, 1.82) is 0 Å². The van der Waals surface area contributed by atoms with Crippen LogP contribution in [-0.4, -0.2) is 24.0 Å². The van der Waals surface area contributed by atoms with Crippen molar-refractivity contribution < 1.29 is 14.3 Å². The first-order valence-electron chi connectivity index (χ1n) is 9.04. The lowest BCUT2D eigenvalue weighted by Crippen LogP contribution is -2.34. The number of fused-ring (bicyclic) bond motifs is 1. The number of benzene rings is 2. The van der Waals surface area contributed by atoms with Gasteiger partial charge in [0.25, 0.3) is 5.91 Å². The van der Waals surface area contributed by atoms with E-state index < -0.39 is 12.0 Å². The molecule has 6 heteroatoms. The van der Waals surface area contributed by atoms with Gasteiger partial charge in [-0.05, 0) is 23.6 Å². The minimum absolute atomic E-state index is 0.357. The van der Waals surface area contributed by atoms with E-state index in [1.165, 1.54) is 18.4 Å². The van der Waals surface area contributed by atoms with Gasteiger partial charge < -0.3 is 10.1 Å². The first-order chi connectivity index (χ1) is 14.2. The van der Waals surface area contributed by atoms with Gasteiger partial charge in [0.1, 0.15) is 0 Å². The van der Waals surface area contributed by atoms with Gasteiger partial charge in [-0.15, -0.1) is 11.3 Å². The molecule has 144 valence electrons. The number of nitrogens with one attached hydrogen (secondary N) is 1. The highest BCUT2D eigenvalue weighted by Crippen LogP contribution is 2.26. The number of esters is 1. The molecule has 0 saturated carbocycles. The maximum absolute atomic E-state index is 13.2. The van der Waals surface area contributed by atoms with Gasteiger partial charge in [0, 0.05) is 15.8 Å². The minimum Gasteiger partial charge on any atom is -0.467 e. The molecular formula is C23H18N2O3S. The molecule has 5 nitrogen and oxygen atoms in total. The average Bonchev–Trinajstić information content (AvgIpc) is 3.31. The molecule has 1 N–H and O–H groups in total. The van der Waals surface area contributed by atoms with Gasteiger partial charge in [-0.1, -0.05) is 54.6 Å². The van der Waals surface area contributed by atoms with Crippen LogP contribution in [0.4, 0.5) is 0 Å². The lowest BCUT2D eigenvalue weighted by atomic mass is 10.0. The molecule has 1 amide bonds. The van der Waals surface area contributed by atoms with Crippen LogP contribution in [-0.2, 0) is 9.53 Å². The van der Waals surface area contributed by atoms with E-state index >= 15 is 0 Å². The number of nitrogens with zero attached hydrogens (tertiary/aromatic N) is 1. The van der Waals surface area contributed by atoms with E-state index in [1.54, 1.807) is 12.1 Å². The predicted octanol–water partition coefficient (Wildman–Crippen LogP) is 4.61. The number of pyridine rings is 1. The third-order valence-electron chi connectivity index (χ3n) is 4.57. The van der Waals surface area contributed by atoms with Gasteiger partial charge in [0.15, 0.2) is 6.04 Å². The fraction of sp³-hybridized carbons (Fsp3) is 0.0870. The Kier molecular flexibility index (Phi) is 5.35. The summed E-state index contributed by atoms with van der Waals surface area (Å²) >= 11 is 1.39. The van der Waals surface area contributed by atoms with Gasteiger partial charge in [-0.25, -0.2) is 9.78 Å². The Morgan fingerprint density at radius 3 is 2.48 bits per heavy atom. The Morgan fingerprint density at radius 2 is 1.76 bits per heavy atom. The van der Waals surface area contributed by atoms with Crippen molar-refractivity contribution in [1.82, 2.24) is 10.3 Å². The van der Waals surface area contributed by atoms with Crippen molar-refractivity contribution in [3.05, 3.63) is 88.6 Å². The third-order valence-corrected chi connectivity index (χ3v) is 5.51. The van der Waals surface area contributed by atoms with Crippen LogP contribution in [0.5, 0.6) is 0 Å². The van der Waals surface area contributed by atoms with Crippen molar-refractivity contribution in [2.45, 2.75) is 6.04 Å². The second-order valence-corrected chi connectivity index (χ2v) is 7.36. The summed E-state index contributed by atoms with van der Waals surface area (Å²) in [6.07, 6.45) is 0. The van der Waals surface area contributed by atoms with Crippen molar-refractivity contribution in [3.8, 4) is 11.3 Å². The Bertz CT molecular complexity index is 1160. The number of thiophene rings is 1. The Labute approximate surface area is 172 Å². The number of hydrogen-bond donors (Lipinski definition) is 1. The molecule has 29 heavy (non-hydrogen) atoms. The summed E-state index contributed by atoms with van der Waals surface area (Å²) < 4.78 is 4.89. The lowest BCUT2D eigenvalue weighted by Gasteiger charge is -2.16. The highest BCUT2D eigenvalue weighted by atomic mass is 32.1. The number of para-hydroxylation sites is 1. The van der Waals surface area contributed by atoms with Gasteiger partial charge in [0.05, 0.1) is 23.9 Å². The maximum Gasteiger partial charge on any atom is 0.333 e. The Hall–Kier alpha value is -3.51. The van der Waals surface area contributed by atoms with Crippen LogP contribution < -0.4 is 5.32 Å². The van der Waals surface area contributed by atoms with Crippen LogP contribution >= 0.6 is 11.3 Å². The van der Waals surface area contributed by atoms with Crippen molar-refractivity contribution in [2.24, 2.45) is 0 Å². The summed E-state index contributed by atoms with van der Waals surface area (Å²) in [5.74, 6) is -0.868. The van der Waals surface area contributed by atoms with Crippen LogP contribution in [0.1, 0.15) is 21.3 Å². The molecule has 2 aromatic carbocycles. The molecular weight excluding hydrogens is 384 g/mol. The SMILES string of the molecule is COC(=O)C(NC(=O)c1cc(-c2ccccc2)nc2ccccc12)c1cccs1. The van der Waals surface area contributed by atoms with E-state index in [0.29, 0.717) is 21.7 Å². The molecule has 0 saturated heterocycles. The van der Waals surface area contributed by atoms with E-state index in [9.17, 15) is 9.59 Å². The summed E-state index contributed by atoms with van der Waals surface area (Å²) in [6, 6.07) is 21.7.